The monoisotopic (exact) mass is 462 g/mol. The van der Waals surface area contributed by atoms with E-state index >= 15 is 0 Å². The van der Waals surface area contributed by atoms with Gasteiger partial charge in [0.25, 0.3) is 5.91 Å². The lowest BCUT2D eigenvalue weighted by molar-refractivity contribution is 0.0951. The van der Waals surface area contributed by atoms with Gasteiger partial charge in [0.1, 0.15) is 5.82 Å². The number of benzene rings is 1. The molecule has 1 N–H and O–H groups in total. The Balaban J connectivity index is 1.35. The van der Waals surface area contributed by atoms with Gasteiger partial charge in [-0.2, -0.15) is 0 Å². The van der Waals surface area contributed by atoms with E-state index in [-0.39, 0.29) is 5.91 Å². The predicted molar refractivity (Wildman–Crippen MR) is 133 cm³/mol. The van der Waals surface area contributed by atoms with Crippen LogP contribution in [0.1, 0.15) is 32.7 Å². The Labute approximate surface area is 199 Å². The maximum Gasteiger partial charge on any atom is 0.251 e. The minimum absolute atomic E-state index is 0.0830. The summed E-state index contributed by atoms with van der Waals surface area (Å²) in [6.45, 7) is 8.72. The van der Waals surface area contributed by atoms with Crippen molar-refractivity contribution in [2.24, 2.45) is 0 Å². The fourth-order valence-corrected chi connectivity index (χ4v) is 4.51. The summed E-state index contributed by atoms with van der Waals surface area (Å²) in [5, 5.41) is 3.74. The Bertz CT molecular complexity index is 1080. The van der Waals surface area contributed by atoms with Crippen LogP contribution in [0.3, 0.4) is 0 Å². The van der Waals surface area contributed by atoms with Gasteiger partial charge in [-0.05, 0) is 56.3 Å². The van der Waals surface area contributed by atoms with E-state index in [4.69, 9.17) is 9.97 Å². The minimum atomic E-state index is -0.0830. The molecular formula is C25H30N6OS. The SMILES string of the molecule is Cc1nc(SCc2ccc(C(=O)NCc3ccncc3)cc2)nc(N2CCN(C)CC2)c1C. The summed E-state index contributed by atoms with van der Waals surface area (Å²) in [5.41, 5.74) is 5.00. The minimum Gasteiger partial charge on any atom is -0.354 e. The molecule has 0 aliphatic carbocycles. The second-order valence-electron chi connectivity index (χ2n) is 8.35. The fourth-order valence-electron chi connectivity index (χ4n) is 3.66. The first kappa shape index (κ1) is 23.2. The number of carbonyl (C=O) groups excluding carboxylic acids is 1. The summed E-state index contributed by atoms with van der Waals surface area (Å²) in [4.78, 5) is 30.7. The van der Waals surface area contributed by atoms with E-state index in [1.807, 2.05) is 36.4 Å². The molecule has 1 amide bonds. The molecule has 1 aliphatic heterocycles. The van der Waals surface area contributed by atoms with Gasteiger partial charge in [0, 0.05) is 67.7 Å². The lowest BCUT2D eigenvalue weighted by Gasteiger charge is -2.34. The Morgan fingerprint density at radius 2 is 1.67 bits per heavy atom. The molecule has 33 heavy (non-hydrogen) atoms. The first-order valence-electron chi connectivity index (χ1n) is 11.2. The molecule has 8 heteroatoms. The van der Waals surface area contributed by atoms with Crippen molar-refractivity contribution in [3.8, 4) is 0 Å². The molecule has 0 radical (unpaired) electrons. The molecule has 3 aromatic rings. The number of carbonyl (C=O) groups is 1. The van der Waals surface area contributed by atoms with E-state index in [9.17, 15) is 4.79 Å². The maximum atomic E-state index is 12.4. The average molecular weight is 463 g/mol. The topological polar surface area (TPSA) is 74.2 Å². The number of nitrogens with one attached hydrogen (secondary N) is 1. The molecule has 0 bridgehead atoms. The van der Waals surface area contributed by atoms with Crippen LogP contribution < -0.4 is 10.2 Å². The van der Waals surface area contributed by atoms with Gasteiger partial charge < -0.3 is 15.1 Å². The van der Waals surface area contributed by atoms with Crippen LogP contribution in [0.2, 0.25) is 0 Å². The Morgan fingerprint density at radius 3 is 2.36 bits per heavy atom. The molecule has 1 aromatic carbocycles. The second-order valence-corrected chi connectivity index (χ2v) is 9.30. The van der Waals surface area contributed by atoms with E-state index in [1.54, 1.807) is 24.2 Å². The summed E-state index contributed by atoms with van der Waals surface area (Å²) < 4.78 is 0. The van der Waals surface area contributed by atoms with Crippen LogP contribution in [0.25, 0.3) is 0 Å². The van der Waals surface area contributed by atoms with E-state index in [1.165, 1.54) is 0 Å². The highest BCUT2D eigenvalue weighted by Gasteiger charge is 2.19. The van der Waals surface area contributed by atoms with Crippen LogP contribution in [-0.2, 0) is 12.3 Å². The molecule has 1 fully saturated rings. The van der Waals surface area contributed by atoms with Gasteiger partial charge in [-0.1, -0.05) is 23.9 Å². The first-order valence-corrected chi connectivity index (χ1v) is 12.2. The number of rotatable bonds is 7. The molecule has 2 aromatic heterocycles. The number of thioether (sulfide) groups is 1. The van der Waals surface area contributed by atoms with Gasteiger partial charge in [-0.15, -0.1) is 0 Å². The van der Waals surface area contributed by atoms with Crippen LogP contribution in [0.15, 0.2) is 53.9 Å². The fraction of sp³-hybridized carbons (Fsp3) is 0.360. The average Bonchev–Trinajstić information content (AvgIpc) is 2.85. The highest BCUT2D eigenvalue weighted by molar-refractivity contribution is 7.98. The summed E-state index contributed by atoms with van der Waals surface area (Å²) in [6.07, 6.45) is 3.45. The number of anilines is 1. The maximum absolute atomic E-state index is 12.4. The summed E-state index contributed by atoms with van der Waals surface area (Å²) in [5.74, 6) is 1.73. The lowest BCUT2D eigenvalue weighted by Crippen LogP contribution is -2.45. The van der Waals surface area contributed by atoms with Gasteiger partial charge >= 0.3 is 0 Å². The van der Waals surface area contributed by atoms with Crippen LogP contribution in [0.5, 0.6) is 0 Å². The van der Waals surface area contributed by atoms with Crippen molar-refractivity contribution in [3.63, 3.8) is 0 Å². The molecule has 7 nitrogen and oxygen atoms in total. The zero-order valence-electron chi connectivity index (χ0n) is 19.4. The van der Waals surface area contributed by atoms with Crippen LogP contribution in [0, 0.1) is 13.8 Å². The molecule has 1 aliphatic rings. The lowest BCUT2D eigenvalue weighted by atomic mass is 10.1. The Hall–Kier alpha value is -2.97. The van der Waals surface area contributed by atoms with E-state index < -0.39 is 0 Å². The second kappa shape index (κ2) is 10.8. The summed E-state index contributed by atoms with van der Waals surface area (Å²) in [7, 11) is 2.16. The molecule has 0 spiro atoms. The number of pyridine rings is 1. The number of nitrogens with zero attached hydrogens (tertiary/aromatic N) is 5. The van der Waals surface area contributed by atoms with Crippen molar-refractivity contribution in [2.75, 3.05) is 38.1 Å². The third-order valence-electron chi connectivity index (χ3n) is 5.93. The van der Waals surface area contributed by atoms with Crippen molar-refractivity contribution in [3.05, 3.63) is 76.7 Å². The highest BCUT2D eigenvalue weighted by atomic mass is 32.2. The predicted octanol–water partition coefficient (Wildman–Crippen LogP) is 3.46. The van der Waals surface area contributed by atoms with Crippen molar-refractivity contribution in [2.45, 2.75) is 31.3 Å². The van der Waals surface area contributed by atoms with Crippen LogP contribution >= 0.6 is 11.8 Å². The van der Waals surface area contributed by atoms with Crippen molar-refractivity contribution in [1.82, 2.24) is 25.2 Å². The number of piperazine rings is 1. The summed E-state index contributed by atoms with van der Waals surface area (Å²) >= 11 is 1.63. The molecular weight excluding hydrogens is 432 g/mol. The zero-order valence-corrected chi connectivity index (χ0v) is 20.2. The van der Waals surface area contributed by atoms with Crippen molar-refractivity contribution >= 4 is 23.5 Å². The van der Waals surface area contributed by atoms with E-state index in [0.717, 1.165) is 65.3 Å². The zero-order chi connectivity index (χ0) is 23.2. The summed E-state index contributed by atoms with van der Waals surface area (Å²) in [6, 6.07) is 11.5. The van der Waals surface area contributed by atoms with Crippen molar-refractivity contribution < 1.29 is 4.79 Å². The normalized spacial score (nSPS) is 14.3. The Morgan fingerprint density at radius 1 is 0.970 bits per heavy atom. The number of hydrogen-bond acceptors (Lipinski definition) is 7. The van der Waals surface area contributed by atoms with E-state index in [0.29, 0.717) is 12.1 Å². The number of aromatic nitrogens is 3. The van der Waals surface area contributed by atoms with Gasteiger partial charge in [0.05, 0.1) is 0 Å². The molecule has 4 rings (SSSR count). The standard InChI is InChI=1S/C25H30N6OS/c1-18-19(2)28-25(29-23(18)31-14-12-30(3)13-15-31)33-17-21-4-6-22(7-5-21)24(32)27-16-20-8-10-26-11-9-20/h4-11H,12-17H2,1-3H3,(H,27,32). The molecule has 0 saturated carbocycles. The third-order valence-corrected chi connectivity index (χ3v) is 6.85. The van der Waals surface area contributed by atoms with E-state index in [2.05, 4.69) is 41.0 Å². The van der Waals surface area contributed by atoms with Crippen LogP contribution in [-0.4, -0.2) is 59.0 Å². The van der Waals surface area contributed by atoms with Gasteiger partial charge in [0.15, 0.2) is 5.16 Å². The molecule has 0 unspecified atom stereocenters. The quantitative estimate of drug-likeness (QED) is 0.426. The number of hydrogen-bond donors (Lipinski definition) is 1. The first-order chi connectivity index (χ1) is 16.0. The highest BCUT2D eigenvalue weighted by Crippen LogP contribution is 2.26. The molecule has 172 valence electrons. The molecule has 1 saturated heterocycles. The number of aryl methyl sites for hydroxylation is 1. The van der Waals surface area contributed by atoms with Crippen molar-refractivity contribution in [1.29, 1.82) is 0 Å². The largest absolute Gasteiger partial charge is 0.354 e. The Kier molecular flexibility index (Phi) is 7.57. The number of likely N-dealkylation sites (N-methyl/N-ethyl adjacent to an activating group) is 1. The van der Waals surface area contributed by atoms with Gasteiger partial charge in [-0.3, -0.25) is 9.78 Å². The number of amides is 1. The molecule has 0 atom stereocenters. The third kappa shape index (κ3) is 6.09. The van der Waals surface area contributed by atoms with Gasteiger partial charge in [-0.25, -0.2) is 9.97 Å². The van der Waals surface area contributed by atoms with Gasteiger partial charge in [0.2, 0.25) is 0 Å². The molecule has 3 heterocycles. The van der Waals surface area contributed by atoms with Crippen LogP contribution in [0.4, 0.5) is 5.82 Å². The smallest absolute Gasteiger partial charge is 0.251 e.